The van der Waals surface area contributed by atoms with Crippen molar-refractivity contribution in [2.24, 2.45) is 0 Å². The molecule has 1 aliphatic rings. The summed E-state index contributed by atoms with van der Waals surface area (Å²) in [5, 5.41) is 36.9. The lowest BCUT2D eigenvalue weighted by Gasteiger charge is -2.15. The molecule has 0 bridgehead atoms. The predicted molar refractivity (Wildman–Crippen MR) is 119 cm³/mol. The van der Waals surface area contributed by atoms with Gasteiger partial charge in [-0.1, -0.05) is 48.5 Å². The Morgan fingerprint density at radius 2 is 1.61 bits per heavy atom. The Morgan fingerprint density at radius 3 is 2.27 bits per heavy atom. The van der Waals surface area contributed by atoms with Crippen molar-refractivity contribution in [2.45, 2.75) is 5.60 Å². The Balaban J connectivity index is 1.57. The van der Waals surface area contributed by atoms with E-state index in [0.717, 1.165) is 27.6 Å². The minimum Gasteiger partial charge on any atom is -0.417 e. The van der Waals surface area contributed by atoms with Crippen LogP contribution in [0.5, 0.6) is 0 Å². The van der Waals surface area contributed by atoms with Crippen molar-refractivity contribution in [1.82, 2.24) is 10.2 Å². The molecule has 0 radical (unpaired) electrons. The number of anilines is 1. The number of nitrogens with zero attached hydrogens (tertiary/aromatic N) is 3. The Kier molecular flexibility index (Phi) is 3.86. The number of hydrogen-bond donors (Lipinski definition) is 2. The van der Waals surface area contributed by atoms with Crippen LogP contribution in [-0.2, 0) is 10.4 Å². The van der Waals surface area contributed by atoms with Crippen LogP contribution in [0.3, 0.4) is 0 Å². The predicted octanol–water partition coefficient (Wildman–Crippen LogP) is 4.14. The Morgan fingerprint density at radius 1 is 0.939 bits per heavy atom. The molecule has 2 heterocycles. The first kappa shape index (κ1) is 19.1. The summed E-state index contributed by atoms with van der Waals surface area (Å²) in [6, 6.07) is 21.2. The number of amides is 1. The van der Waals surface area contributed by atoms with Crippen molar-refractivity contribution in [3.8, 4) is 11.5 Å². The molecule has 0 fully saturated rings. The second-order valence-corrected chi connectivity index (χ2v) is 7.76. The van der Waals surface area contributed by atoms with Crippen molar-refractivity contribution in [3.05, 3.63) is 94.4 Å². The number of nitro groups is 1. The average Bonchev–Trinajstić information content (AvgIpc) is 3.41. The second kappa shape index (κ2) is 6.68. The van der Waals surface area contributed by atoms with E-state index in [1.165, 1.54) is 12.1 Å². The Hall–Kier alpha value is -4.63. The summed E-state index contributed by atoms with van der Waals surface area (Å²) < 4.78 is 5.90. The molecule has 2 N–H and O–H groups in total. The van der Waals surface area contributed by atoms with Crippen LogP contribution in [0.4, 0.5) is 11.4 Å². The molecule has 9 nitrogen and oxygen atoms in total. The molecule has 6 rings (SSSR count). The number of fused-ring (bicyclic) bond motifs is 3. The van der Waals surface area contributed by atoms with Crippen molar-refractivity contribution in [3.63, 3.8) is 0 Å². The first-order chi connectivity index (χ1) is 16.0. The fourth-order valence-electron chi connectivity index (χ4n) is 4.32. The maximum atomic E-state index is 12.7. The Bertz CT molecular complexity index is 1570. The number of hydrogen-bond acceptors (Lipinski definition) is 7. The molecule has 9 heteroatoms. The largest absolute Gasteiger partial charge is 0.417 e. The average molecular weight is 438 g/mol. The molecule has 160 valence electrons. The van der Waals surface area contributed by atoms with Gasteiger partial charge in [0, 0.05) is 23.4 Å². The summed E-state index contributed by atoms with van der Waals surface area (Å²) in [4.78, 5) is 23.4. The van der Waals surface area contributed by atoms with E-state index >= 15 is 0 Å². The smallest absolute Gasteiger partial charge is 0.271 e. The summed E-state index contributed by atoms with van der Waals surface area (Å²) in [6.45, 7) is 0. The van der Waals surface area contributed by atoms with Gasteiger partial charge < -0.3 is 14.8 Å². The monoisotopic (exact) mass is 438 g/mol. The molecule has 4 aromatic carbocycles. The third-order valence-corrected chi connectivity index (χ3v) is 5.90. The van der Waals surface area contributed by atoms with Crippen LogP contribution in [0.1, 0.15) is 11.5 Å². The molecule has 0 aliphatic carbocycles. The van der Waals surface area contributed by atoms with E-state index in [2.05, 4.69) is 21.6 Å². The quantitative estimate of drug-likeness (QED) is 0.246. The van der Waals surface area contributed by atoms with E-state index in [1.54, 1.807) is 0 Å². The second-order valence-electron chi connectivity index (χ2n) is 7.76. The first-order valence-electron chi connectivity index (χ1n) is 10.0. The zero-order chi connectivity index (χ0) is 22.7. The van der Waals surface area contributed by atoms with Crippen molar-refractivity contribution in [1.29, 1.82) is 0 Å². The van der Waals surface area contributed by atoms with Gasteiger partial charge in [-0.25, -0.2) is 0 Å². The highest BCUT2D eigenvalue weighted by Crippen LogP contribution is 2.43. The van der Waals surface area contributed by atoms with Gasteiger partial charge in [0.1, 0.15) is 0 Å². The number of nitro benzene ring substituents is 1. The van der Waals surface area contributed by atoms with Gasteiger partial charge in [-0.15, -0.1) is 10.2 Å². The number of aliphatic hydroxyl groups is 1. The summed E-state index contributed by atoms with van der Waals surface area (Å²) in [5.74, 6) is -1.07. The number of carbonyl (C=O) groups is 1. The van der Waals surface area contributed by atoms with Gasteiger partial charge in [-0.2, -0.15) is 0 Å². The lowest BCUT2D eigenvalue weighted by atomic mass is 9.95. The molecular formula is C24H14N4O5. The van der Waals surface area contributed by atoms with Crippen LogP contribution >= 0.6 is 0 Å². The molecule has 5 aromatic rings. The summed E-state index contributed by atoms with van der Waals surface area (Å²) in [7, 11) is 0. The number of benzene rings is 4. The van der Waals surface area contributed by atoms with E-state index in [-0.39, 0.29) is 28.7 Å². The van der Waals surface area contributed by atoms with E-state index < -0.39 is 16.4 Å². The molecule has 1 aliphatic heterocycles. The van der Waals surface area contributed by atoms with Gasteiger partial charge >= 0.3 is 0 Å². The molecule has 0 spiro atoms. The molecule has 1 atom stereocenters. The summed E-state index contributed by atoms with van der Waals surface area (Å²) in [6.07, 6.45) is 0. The van der Waals surface area contributed by atoms with Crippen molar-refractivity contribution < 1.29 is 19.2 Å². The number of aromatic nitrogens is 2. The lowest BCUT2D eigenvalue weighted by molar-refractivity contribution is -0.385. The minimum atomic E-state index is -2.35. The molecule has 33 heavy (non-hydrogen) atoms. The molecule has 1 aromatic heterocycles. The third kappa shape index (κ3) is 2.66. The molecule has 0 saturated heterocycles. The third-order valence-electron chi connectivity index (χ3n) is 5.90. The van der Waals surface area contributed by atoms with Gasteiger partial charge in [0.15, 0.2) is 0 Å². The maximum Gasteiger partial charge on any atom is 0.271 e. The fraction of sp³-hybridized carbons (Fsp3) is 0.0417. The van der Waals surface area contributed by atoms with E-state index in [0.29, 0.717) is 5.56 Å². The van der Waals surface area contributed by atoms with Crippen LogP contribution in [-0.4, -0.2) is 26.1 Å². The highest BCUT2D eigenvalue weighted by atomic mass is 16.6. The summed E-state index contributed by atoms with van der Waals surface area (Å²) >= 11 is 0. The van der Waals surface area contributed by atoms with Crippen LogP contribution in [0.2, 0.25) is 0 Å². The van der Waals surface area contributed by atoms with Crippen LogP contribution < -0.4 is 5.32 Å². The van der Waals surface area contributed by atoms with Crippen LogP contribution in [0, 0.1) is 10.1 Å². The van der Waals surface area contributed by atoms with Gasteiger partial charge in [0.05, 0.1) is 10.5 Å². The normalized spacial score (nSPS) is 17.3. The number of nitrogens with one attached hydrogen (secondary N) is 1. The maximum absolute atomic E-state index is 12.7. The van der Waals surface area contributed by atoms with E-state index in [1.807, 2.05) is 48.5 Å². The molecule has 1 amide bonds. The van der Waals surface area contributed by atoms with Gasteiger partial charge in [0.25, 0.3) is 17.5 Å². The zero-order valence-corrected chi connectivity index (χ0v) is 16.9. The van der Waals surface area contributed by atoms with Gasteiger partial charge in [0.2, 0.25) is 11.5 Å². The lowest BCUT2D eigenvalue weighted by Crippen LogP contribution is -2.35. The topological polar surface area (TPSA) is 131 Å². The first-order valence-corrected chi connectivity index (χ1v) is 10.0. The SMILES string of the molecule is O=C1Nc2ccc([N+](=O)[O-])cc2C1(O)c1nnc(-c2c3ccccc3cc3ccccc23)o1. The Labute approximate surface area is 185 Å². The number of carbonyl (C=O) groups excluding carboxylic acids is 1. The fourth-order valence-corrected chi connectivity index (χ4v) is 4.32. The highest BCUT2D eigenvalue weighted by molar-refractivity contribution is 6.11. The highest BCUT2D eigenvalue weighted by Gasteiger charge is 2.52. The van der Waals surface area contributed by atoms with E-state index in [4.69, 9.17) is 4.42 Å². The van der Waals surface area contributed by atoms with Crippen molar-refractivity contribution >= 4 is 38.8 Å². The van der Waals surface area contributed by atoms with Crippen molar-refractivity contribution in [2.75, 3.05) is 5.32 Å². The van der Waals surface area contributed by atoms with Gasteiger partial charge in [-0.3, -0.25) is 14.9 Å². The zero-order valence-electron chi connectivity index (χ0n) is 16.9. The standard InChI is InChI=1S/C24H14N4O5/c29-22-24(30,18-12-15(28(31)32)9-10-19(18)25-22)23-27-26-21(33-23)20-16-7-3-1-5-13(16)11-14-6-2-4-8-17(14)20/h1-12,30H,(H,25,29). The molecule has 0 saturated carbocycles. The molecular weight excluding hydrogens is 424 g/mol. The number of non-ortho nitro benzene ring substituents is 1. The number of rotatable bonds is 3. The summed E-state index contributed by atoms with van der Waals surface area (Å²) in [5.41, 5.74) is -1.73. The van der Waals surface area contributed by atoms with E-state index in [9.17, 15) is 20.0 Å². The van der Waals surface area contributed by atoms with Gasteiger partial charge in [-0.05, 0) is 33.7 Å². The minimum absolute atomic E-state index is 0.0142. The van der Waals surface area contributed by atoms with Crippen LogP contribution in [0.15, 0.2) is 77.2 Å². The molecule has 1 unspecified atom stereocenters. The van der Waals surface area contributed by atoms with Crippen LogP contribution in [0.25, 0.3) is 33.0 Å².